The maximum absolute atomic E-state index is 5.88. The van der Waals surface area contributed by atoms with Gasteiger partial charge in [0, 0.05) is 37.2 Å². The maximum Gasteiger partial charge on any atom is 0.146 e. The fourth-order valence-corrected chi connectivity index (χ4v) is 1.73. The van der Waals surface area contributed by atoms with Gasteiger partial charge in [-0.25, -0.2) is 4.98 Å². The number of nitrogens with one attached hydrogen (secondary N) is 1. The molecule has 100 valence electrons. The van der Waals surface area contributed by atoms with Crippen LogP contribution in [0.2, 0.25) is 0 Å². The lowest BCUT2D eigenvalue weighted by molar-refractivity contribution is 0.425. The van der Waals surface area contributed by atoms with Crippen molar-refractivity contribution in [1.82, 2.24) is 14.9 Å². The highest BCUT2D eigenvalue weighted by atomic mass is 15.1. The number of nitrogen functional groups attached to an aromatic ring is 1. The standard InChI is InChI=1S/C14H19N5/c1-19(2)8-7-17-13-9-12(10-18-14(13)15)11-3-5-16-6-4-11/h3-6,9-10,17H,7-8H2,1-2H3,(H2,15,18). The molecule has 2 heterocycles. The third kappa shape index (κ3) is 3.66. The highest BCUT2D eigenvalue weighted by Crippen LogP contribution is 2.24. The Balaban J connectivity index is 2.15. The third-order valence-corrected chi connectivity index (χ3v) is 2.81. The number of rotatable bonds is 5. The van der Waals surface area contributed by atoms with Crippen LogP contribution in [-0.4, -0.2) is 42.1 Å². The normalized spacial score (nSPS) is 10.7. The van der Waals surface area contributed by atoms with Crippen LogP contribution in [0.25, 0.3) is 11.1 Å². The molecule has 2 rings (SSSR count). The van der Waals surface area contributed by atoms with Gasteiger partial charge in [-0.2, -0.15) is 0 Å². The summed E-state index contributed by atoms with van der Waals surface area (Å²) in [6, 6.07) is 5.93. The number of aromatic nitrogens is 2. The molecule has 2 aromatic heterocycles. The van der Waals surface area contributed by atoms with Gasteiger partial charge in [0.05, 0.1) is 5.69 Å². The first-order valence-electron chi connectivity index (χ1n) is 6.21. The molecule has 0 fully saturated rings. The van der Waals surface area contributed by atoms with E-state index in [1.165, 1.54) is 0 Å². The van der Waals surface area contributed by atoms with E-state index >= 15 is 0 Å². The minimum Gasteiger partial charge on any atom is -0.382 e. The number of nitrogens with two attached hydrogens (primary N) is 1. The van der Waals surface area contributed by atoms with Crippen LogP contribution in [0.3, 0.4) is 0 Å². The maximum atomic E-state index is 5.88. The second-order valence-electron chi connectivity index (χ2n) is 4.62. The lowest BCUT2D eigenvalue weighted by Gasteiger charge is -2.13. The molecule has 19 heavy (non-hydrogen) atoms. The Labute approximate surface area is 113 Å². The minimum absolute atomic E-state index is 0.525. The zero-order valence-corrected chi connectivity index (χ0v) is 11.3. The van der Waals surface area contributed by atoms with E-state index in [9.17, 15) is 0 Å². The van der Waals surface area contributed by atoms with Crippen LogP contribution in [-0.2, 0) is 0 Å². The fourth-order valence-electron chi connectivity index (χ4n) is 1.73. The molecular formula is C14H19N5. The fraction of sp³-hybridized carbons (Fsp3) is 0.286. The smallest absolute Gasteiger partial charge is 0.146 e. The largest absolute Gasteiger partial charge is 0.382 e. The van der Waals surface area contributed by atoms with Crippen molar-refractivity contribution in [1.29, 1.82) is 0 Å². The van der Waals surface area contributed by atoms with Gasteiger partial charge in [0.1, 0.15) is 5.82 Å². The van der Waals surface area contributed by atoms with Crippen molar-refractivity contribution in [3.05, 3.63) is 36.8 Å². The second kappa shape index (κ2) is 6.15. The highest BCUT2D eigenvalue weighted by molar-refractivity contribution is 5.72. The predicted octanol–water partition coefficient (Wildman–Crippen LogP) is 1.70. The van der Waals surface area contributed by atoms with Gasteiger partial charge in [-0.15, -0.1) is 0 Å². The summed E-state index contributed by atoms with van der Waals surface area (Å²) in [5.41, 5.74) is 8.87. The van der Waals surface area contributed by atoms with E-state index in [0.717, 1.165) is 29.9 Å². The van der Waals surface area contributed by atoms with E-state index in [1.807, 2.05) is 32.3 Å². The molecule has 5 nitrogen and oxygen atoms in total. The molecule has 3 N–H and O–H groups in total. The molecule has 0 aromatic carbocycles. The van der Waals surface area contributed by atoms with E-state index < -0.39 is 0 Å². The van der Waals surface area contributed by atoms with E-state index in [1.54, 1.807) is 18.6 Å². The first kappa shape index (κ1) is 13.3. The molecule has 0 saturated heterocycles. The van der Waals surface area contributed by atoms with Gasteiger partial charge in [-0.1, -0.05) is 0 Å². The SMILES string of the molecule is CN(C)CCNc1cc(-c2ccncc2)cnc1N. The molecule has 2 aromatic rings. The van der Waals surface area contributed by atoms with Gasteiger partial charge < -0.3 is 16.0 Å². The summed E-state index contributed by atoms with van der Waals surface area (Å²) in [7, 11) is 4.08. The first-order chi connectivity index (χ1) is 9.16. The molecule has 0 radical (unpaired) electrons. The summed E-state index contributed by atoms with van der Waals surface area (Å²) in [5.74, 6) is 0.525. The number of nitrogens with zero attached hydrogens (tertiary/aromatic N) is 3. The molecule has 0 unspecified atom stereocenters. The van der Waals surface area contributed by atoms with Crippen molar-refractivity contribution in [3.8, 4) is 11.1 Å². The average molecular weight is 257 g/mol. The zero-order valence-electron chi connectivity index (χ0n) is 11.3. The van der Waals surface area contributed by atoms with E-state index in [0.29, 0.717) is 5.82 Å². The first-order valence-corrected chi connectivity index (χ1v) is 6.21. The monoisotopic (exact) mass is 257 g/mol. The molecule has 0 bridgehead atoms. The number of hydrogen-bond acceptors (Lipinski definition) is 5. The average Bonchev–Trinajstić information content (AvgIpc) is 2.41. The molecule has 0 saturated carbocycles. The highest BCUT2D eigenvalue weighted by Gasteiger charge is 2.04. The van der Waals surface area contributed by atoms with Crippen molar-refractivity contribution in [2.75, 3.05) is 38.2 Å². The van der Waals surface area contributed by atoms with Gasteiger partial charge in [-0.05, 0) is 37.9 Å². The van der Waals surface area contributed by atoms with Gasteiger partial charge >= 0.3 is 0 Å². The Morgan fingerprint density at radius 3 is 2.63 bits per heavy atom. The van der Waals surface area contributed by atoms with Crippen molar-refractivity contribution < 1.29 is 0 Å². The van der Waals surface area contributed by atoms with Crippen LogP contribution < -0.4 is 11.1 Å². The van der Waals surface area contributed by atoms with Crippen LogP contribution in [0.15, 0.2) is 36.8 Å². The Morgan fingerprint density at radius 2 is 1.95 bits per heavy atom. The Bertz CT molecular complexity index is 525. The van der Waals surface area contributed by atoms with E-state index in [4.69, 9.17) is 5.73 Å². The molecular weight excluding hydrogens is 238 g/mol. The number of hydrogen-bond donors (Lipinski definition) is 2. The van der Waals surface area contributed by atoms with Gasteiger partial charge in [0.2, 0.25) is 0 Å². The van der Waals surface area contributed by atoms with E-state index in [-0.39, 0.29) is 0 Å². The number of pyridine rings is 2. The van der Waals surface area contributed by atoms with Gasteiger partial charge in [0.25, 0.3) is 0 Å². The quantitative estimate of drug-likeness (QED) is 0.853. The van der Waals surface area contributed by atoms with Crippen LogP contribution in [0.4, 0.5) is 11.5 Å². The van der Waals surface area contributed by atoms with Crippen LogP contribution in [0, 0.1) is 0 Å². The molecule has 0 spiro atoms. The molecule has 0 atom stereocenters. The van der Waals surface area contributed by atoms with E-state index in [2.05, 4.69) is 20.2 Å². The summed E-state index contributed by atoms with van der Waals surface area (Å²) in [5, 5.41) is 3.31. The van der Waals surface area contributed by atoms with Crippen LogP contribution >= 0.6 is 0 Å². The Hall–Kier alpha value is -2.14. The molecule has 5 heteroatoms. The molecule has 0 amide bonds. The van der Waals surface area contributed by atoms with Crippen molar-refractivity contribution >= 4 is 11.5 Å². The zero-order chi connectivity index (χ0) is 13.7. The summed E-state index contributed by atoms with van der Waals surface area (Å²) in [6.45, 7) is 1.78. The van der Waals surface area contributed by atoms with Gasteiger partial charge in [-0.3, -0.25) is 4.98 Å². The van der Waals surface area contributed by atoms with Gasteiger partial charge in [0.15, 0.2) is 0 Å². The predicted molar refractivity (Wildman–Crippen MR) is 78.9 cm³/mol. The Morgan fingerprint density at radius 1 is 1.21 bits per heavy atom. The Kier molecular flexibility index (Phi) is 4.30. The summed E-state index contributed by atoms with van der Waals surface area (Å²) < 4.78 is 0. The summed E-state index contributed by atoms with van der Waals surface area (Å²) in [4.78, 5) is 10.4. The second-order valence-corrected chi connectivity index (χ2v) is 4.62. The summed E-state index contributed by atoms with van der Waals surface area (Å²) in [6.07, 6.45) is 5.32. The number of likely N-dealkylation sites (N-methyl/N-ethyl adjacent to an activating group) is 1. The minimum atomic E-state index is 0.525. The molecule has 0 aliphatic carbocycles. The van der Waals surface area contributed by atoms with Crippen molar-refractivity contribution in [3.63, 3.8) is 0 Å². The number of anilines is 2. The molecule has 0 aliphatic heterocycles. The lowest BCUT2D eigenvalue weighted by atomic mass is 10.1. The van der Waals surface area contributed by atoms with Crippen LogP contribution in [0.1, 0.15) is 0 Å². The van der Waals surface area contributed by atoms with Crippen molar-refractivity contribution in [2.24, 2.45) is 0 Å². The van der Waals surface area contributed by atoms with Crippen molar-refractivity contribution in [2.45, 2.75) is 0 Å². The molecule has 0 aliphatic rings. The lowest BCUT2D eigenvalue weighted by Crippen LogP contribution is -2.21. The summed E-state index contributed by atoms with van der Waals surface area (Å²) >= 11 is 0. The topological polar surface area (TPSA) is 67.1 Å². The van der Waals surface area contributed by atoms with Crippen LogP contribution in [0.5, 0.6) is 0 Å². The third-order valence-electron chi connectivity index (χ3n) is 2.81.